The summed E-state index contributed by atoms with van der Waals surface area (Å²) in [6.07, 6.45) is 0.848. The number of aromatic nitrogens is 3. The zero-order valence-corrected chi connectivity index (χ0v) is 7.31. The van der Waals surface area contributed by atoms with Crippen LogP contribution in [0.15, 0.2) is 6.33 Å². The van der Waals surface area contributed by atoms with Gasteiger partial charge in [0, 0.05) is 6.54 Å². The number of hydrogen-bond donors (Lipinski definition) is 2. The monoisotopic (exact) mass is 170 g/mol. The van der Waals surface area contributed by atoms with Gasteiger partial charge in [0.15, 0.2) is 0 Å². The van der Waals surface area contributed by atoms with E-state index in [1.807, 2.05) is 6.92 Å². The van der Waals surface area contributed by atoms with Crippen molar-refractivity contribution >= 4 is 0 Å². The van der Waals surface area contributed by atoms with Crippen LogP contribution in [0.4, 0.5) is 0 Å². The van der Waals surface area contributed by atoms with Gasteiger partial charge in [0.1, 0.15) is 12.2 Å². The Morgan fingerprint density at radius 2 is 2.42 bits per heavy atom. The third-order valence-corrected chi connectivity index (χ3v) is 1.76. The fourth-order valence-corrected chi connectivity index (χ4v) is 0.991. The number of nitrogens with two attached hydrogens (primary N) is 1. The summed E-state index contributed by atoms with van der Waals surface area (Å²) < 4.78 is 1.68. The lowest BCUT2D eigenvalue weighted by molar-refractivity contribution is 0.158. The Labute approximate surface area is 71.2 Å². The Morgan fingerprint density at radius 1 is 1.75 bits per heavy atom. The average Bonchev–Trinajstić information content (AvgIpc) is 2.49. The maximum absolute atomic E-state index is 9.21. The largest absolute Gasteiger partial charge is 0.391 e. The molecule has 1 heterocycles. The smallest absolute Gasteiger partial charge is 0.146 e. The van der Waals surface area contributed by atoms with Gasteiger partial charge in [0.05, 0.1) is 12.1 Å². The van der Waals surface area contributed by atoms with Crippen molar-refractivity contribution < 1.29 is 5.11 Å². The van der Waals surface area contributed by atoms with E-state index in [0.29, 0.717) is 5.82 Å². The molecule has 2 unspecified atom stereocenters. The van der Waals surface area contributed by atoms with Gasteiger partial charge in [-0.05, 0) is 13.8 Å². The van der Waals surface area contributed by atoms with Crippen molar-refractivity contribution in [3.05, 3.63) is 12.2 Å². The fourth-order valence-electron chi connectivity index (χ4n) is 0.991. The molecule has 0 saturated heterocycles. The summed E-state index contributed by atoms with van der Waals surface area (Å²) in [5.74, 6) is 0.632. The van der Waals surface area contributed by atoms with Crippen molar-refractivity contribution in [2.75, 3.05) is 0 Å². The Balaban J connectivity index is 2.86. The first kappa shape index (κ1) is 9.15. The zero-order chi connectivity index (χ0) is 9.14. The van der Waals surface area contributed by atoms with Crippen LogP contribution in [0.5, 0.6) is 0 Å². The van der Waals surface area contributed by atoms with E-state index in [2.05, 4.69) is 10.1 Å². The molecular weight excluding hydrogens is 156 g/mol. The molecule has 0 radical (unpaired) electrons. The predicted octanol–water partition coefficient (Wildman–Crippen LogP) is -0.321. The third kappa shape index (κ3) is 1.62. The molecule has 3 N–H and O–H groups in total. The van der Waals surface area contributed by atoms with Crippen molar-refractivity contribution in [2.24, 2.45) is 5.73 Å². The van der Waals surface area contributed by atoms with E-state index in [4.69, 9.17) is 5.73 Å². The van der Waals surface area contributed by atoms with Crippen LogP contribution < -0.4 is 5.73 Å². The van der Waals surface area contributed by atoms with Gasteiger partial charge in [-0.3, -0.25) is 0 Å². The summed E-state index contributed by atoms with van der Waals surface area (Å²) >= 11 is 0. The first-order valence-electron chi connectivity index (χ1n) is 3.98. The van der Waals surface area contributed by atoms with Crippen molar-refractivity contribution in [2.45, 2.75) is 32.5 Å². The number of aliphatic hydroxyl groups is 1. The molecule has 0 aromatic carbocycles. The molecule has 1 aromatic heterocycles. The van der Waals surface area contributed by atoms with E-state index in [1.165, 1.54) is 6.33 Å². The highest BCUT2D eigenvalue weighted by atomic mass is 16.3. The second kappa shape index (κ2) is 3.64. The number of rotatable bonds is 3. The van der Waals surface area contributed by atoms with Gasteiger partial charge in [-0.15, -0.1) is 0 Å². The second-order valence-electron chi connectivity index (χ2n) is 2.70. The lowest BCUT2D eigenvalue weighted by atomic mass is 10.2. The van der Waals surface area contributed by atoms with Crippen LogP contribution in [0.3, 0.4) is 0 Å². The maximum atomic E-state index is 9.21. The molecule has 0 aliphatic heterocycles. The lowest BCUT2D eigenvalue weighted by Crippen LogP contribution is -2.26. The van der Waals surface area contributed by atoms with Crippen molar-refractivity contribution in [1.29, 1.82) is 0 Å². The second-order valence-corrected chi connectivity index (χ2v) is 2.70. The number of hydrogen-bond acceptors (Lipinski definition) is 4. The van der Waals surface area contributed by atoms with E-state index in [-0.39, 0.29) is 0 Å². The molecule has 0 bridgehead atoms. The molecule has 1 rings (SSSR count). The van der Waals surface area contributed by atoms with Gasteiger partial charge >= 0.3 is 0 Å². The van der Waals surface area contributed by atoms with Crippen molar-refractivity contribution in [3.63, 3.8) is 0 Å². The first-order chi connectivity index (χ1) is 5.66. The minimum Gasteiger partial charge on any atom is -0.391 e. The van der Waals surface area contributed by atoms with Crippen LogP contribution in [0.2, 0.25) is 0 Å². The van der Waals surface area contributed by atoms with Gasteiger partial charge in [0.2, 0.25) is 0 Å². The maximum Gasteiger partial charge on any atom is 0.146 e. The topological polar surface area (TPSA) is 77.0 Å². The molecule has 1 aromatic rings. The SMILES string of the molecule is CCn1ncnc1C(N)C(C)O. The Bertz CT molecular complexity index is 245. The molecule has 0 aliphatic carbocycles. The minimum atomic E-state index is -0.598. The Hall–Kier alpha value is -0.940. The van der Waals surface area contributed by atoms with Crippen molar-refractivity contribution in [1.82, 2.24) is 14.8 Å². The molecule has 0 fully saturated rings. The van der Waals surface area contributed by atoms with E-state index in [1.54, 1.807) is 11.6 Å². The van der Waals surface area contributed by atoms with Gasteiger partial charge in [-0.1, -0.05) is 0 Å². The summed E-state index contributed by atoms with van der Waals surface area (Å²) in [6, 6.07) is -0.451. The quantitative estimate of drug-likeness (QED) is 0.651. The molecule has 0 saturated carbocycles. The predicted molar refractivity (Wildman–Crippen MR) is 44.3 cm³/mol. The molecule has 2 atom stereocenters. The van der Waals surface area contributed by atoms with E-state index in [9.17, 15) is 5.11 Å². The van der Waals surface area contributed by atoms with Crippen LogP contribution in [0, 0.1) is 0 Å². The fraction of sp³-hybridized carbons (Fsp3) is 0.714. The number of aryl methyl sites for hydroxylation is 1. The van der Waals surface area contributed by atoms with Crippen LogP contribution in [0.1, 0.15) is 25.7 Å². The Kier molecular flexibility index (Phi) is 2.78. The van der Waals surface area contributed by atoms with Crippen LogP contribution in [-0.4, -0.2) is 26.0 Å². The number of nitrogens with zero attached hydrogens (tertiary/aromatic N) is 3. The highest BCUT2D eigenvalue weighted by Gasteiger charge is 2.17. The standard InChI is InChI=1S/C7H14N4O/c1-3-11-7(9-4-10-11)6(8)5(2)12/h4-6,12H,3,8H2,1-2H3. The van der Waals surface area contributed by atoms with Gasteiger partial charge in [-0.25, -0.2) is 9.67 Å². The highest BCUT2D eigenvalue weighted by Crippen LogP contribution is 2.09. The zero-order valence-electron chi connectivity index (χ0n) is 7.31. The normalized spacial score (nSPS) is 16.0. The van der Waals surface area contributed by atoms with Gasteiger partial charge in [0.25, 0.3) is 0 Å². The number of aliphatic hydroxyl groups excluding tert-OH is 1. The summed E-state index contributed by atoms with van der Waals surface area (Å²) in [5.41, 5.74) is 5.69. The Morgan fingerprint density at radius 3 is 2.92 bits per heavy atom. The minimum absolute atomic E-state index is 0.451. The molecule has 5 heteroatoms. The summed E-state index contributed by atoms with van der Waals surface area (Å²) in [4.78, 5) is 3.98. The lowest BCUT2D eigenvalue weighted by Gasteiger charge is -2.13. The van der Waals surface area contributed by atoms with E-state index >= 15 is 0 Å². The average molecular weight is 170 g/mol. The van der Waals surface area contributed by atoms with Crippen LogP contribution in [0.25, 0.3) is 0 Å². The molecule has 5 nitrogen and oxygen atoms in total. The molecule has 0 amide bonds. The molecule has 12 heavy (non-hydrogen) atoms. The molecule has 0 spiro atoms. The molecule has 0 aliphatic rings. The first-order valence-corrected chi connectivity index (χ1v) is 3.98. The third-order valence-electron chi connectivity index (χ3n) is 1.76. The van der Waals surface area contributed by atoms with E-state index in [0.717, 1.165) is 6.54 Å². The summed E-state index contributed by atoms with van der Waals surface area (Å²) in [5, 5.41) is 13.2. The van der Waals surface area contributed by atoms with Crippen LogP contribution >= 0.6 is 0 Å². The summed E-state index contributed by atoms with van der Waals surface area (Å²) in [7, 11) is 0. The molecular formula is C7H14N4O. The highest BCUT2D eigenvalue weighted by molar-refractivity contribution is 4.94. The van der Waals surface area contributed by atoms with Crippen LogP contribution in [-0.2, 0) is 6.54 Å². The van der Waals surface area contributed by atoms with Gasteiger partial charge < -0.3 is 10.8 Å². The molecule has 68 valence electrons. The van der Waals surface area contributed by atoms with Crippen molar-refractivity contribution in [3.8, 4) is 0 Å². The van der Waals surface area contributed by atoms with E-state index < -0.39 is 12.1 Å². The summed E-state index contributed by atoms with van der Waals surface area (Å²) in [6.45, 7) is 4.31. The van der Waals surface area contributed by atoms with Gasteiger partial charge in [-0.2, -0.15) is 5.10 Å².